The van der Waals surface area contributed by atoms with Crippen molar-refractivity contribution in [3.8, 4) is 6.07 Å². The predicted molar refractivity (Wildman–Crippen MR) is 105 cm³/mol. The molecule has 8 heteroatoms. The van der Waals surface area contributed by atoms with Gasteiger partial charge in [0.05, 0.1) is 18.4 Å². The average Bonchev–Trinajstić information content (AvgIpc) is 3.03. The lowest BCUT2D eigenvalue weighted by molar-refractivity contribution is 0.00926. The van der Waals surface area contributed by atoms with Gasteiger partial charge in [0.15, 0.2) is 6.10 Å². The molecule has 1 fully saturated rings. The van der Waals surface area contributed by atoms with Crippen molar-refractivity contribution in [3.05, 3.63) is 29.7 Å². The second-order valence-corrected chi connectivity index (χ2v) is 7.88. The van der Waals surface area contributed by atoms with E-state index in [1.54, 1.807) is 6.20 Å². The van der Waals surface area contributed by atoms with Crippen molar-refractivity contribution in [2.24, 2.45) is 5.41 Å². The van der Waals surface area contributed by atoms with Crippen LogP contribution in [0.2, 0.25) is 0 Å². The fourth-order valence-electron chi connectivity index (χ4n) is 3.48. The van der Waals surface area contributed by atoms with Crippen molar-refractivity contribution in [2.75, 3.05) is 17.2 Å². The van der Waals surface area contributed by atoms with E-state index in [0.717, 1.165) is 25.0 Å². The number of hydrogen-bond acceptors (Lipinski definition) is 6. The number of nitrogens with zero attached hydrogens (tertiary/aromatic N) is 5. The maximum atomic E-state index is 9.38. The zero-order valence-corrected chi connectivity index (χ0v) is 16.2. The monoisotopic (exact) mass is 370 g/mol. The van der Waals surface area contributed by atoms with E-state index in [1.165, 1.54) is 0 Å². The molecule has 2 aromatic heterocycles. The van der Waals surface area contributed by atoms with Crippen LogP contribution in [0.25, 0.3) is 0 Å². The number of aromatic nitrogens is 4. The van der Waals surface area contributed by atoms with Crippen LogP contribution in [0.3, 0.4) is 0 Å². The predicted octanol–water partition coefficient (Wildman–Crippen LogP) is 2.05. The van der Waals surface area contributed by atoms with Crippen molar-refractivity contribution in [1.29, 1.82) is 5.26 Å². The van der Waals surface area contributed by atoms with E-state index < -0.39 is 0 Å². The summed E-state index contributed by atoms with van der Waals surface area (Å²) in [5, 5.41) is 28.5. The summed E-state index contributed by atoms with van der Waals surface area (Å²) in [5.74, 6) is 1.06. The Labute approximate surface area is 159 Å². The van der Waals surface area contributed by atoms with Crippen LogP contribution in [-0.2, 0) is 6.54 Å². The highest BCUT2D eigenvalue weighted by Gasteiger charge is 2.39. The molecule has 2 atom stereocenters. The lowest BCUT2D eigenvalue weighted by Gasteiger charge is -2.37. The molecule has 1 saturated carbocycles. The topological polar surface area (TPSA) is 114 Å². The van der Waals surface area contributed by atoms with E-state index in [9.17, 15) is 5.26 Å². The number of rotatable bonds is 6. The van der Waals surface area contributed by atoms with E-state index in [4.69, 9.17) is 5.11 Å². The summed E-state index contributed by atoms with van der Waals surface area (Å²) < 4.78 is 1.87. The van der Waals surface area contributed by atoms with Crippen LogP contribution in [0.5, 0.6) is 0 Å². The first-order valence-corrected chi connectivity index (χ1v) is 9.36. The van der Waals surface area contributed by atoms with Gasteiger partial charge in [-0.3, -0.25) is 4.68 Å². The van der Waals surface area contributed by atoms with Crippen molar-refractivity contribution in [3.63, 3.8) is 0 Å². The van der Waals surface area contributed by atoms with Crippen molar-refractivity contribution >= 4 is 11.8 Å². The molecule has 0 bridgehead atoms. The third kappa shape index (κ3) is 4.74. The normalized spacial score (nSPS) is 21.4. The van der Waals surface area contributed by atoms with Crippen molar-refractivity contribution in [2.45, 2.75) is 58.7 Å². The smallest absolute Gasteiger partial charge is 0.224 e. The van der Waals surface area contributed by atoms with Crippen LogP contribution in [0, 0.1) is 23.7 Å². The molecular formula is C19H28N7O+. The van der Waals surface area contributed by atoms with Gasteiger partial charge in [0.25, 0.3) is 0 Å². The third-order valence-corrected chi connectivity index (χ3v) is 5.17. The summed E-state index contributed by atoms with van der Waals surface area (Å²) in [7, 11) is 0. The summed E-state index contributed by atoms with van der Waals surface area (Å²) in [4.78, 5) is 8.74. The zero-order valence-electron chi connectivity index (χ0n) is 16.2. The van der Waals surface area contributed by atoms with E-state index in [1.807, 2.05) is 23.9 Å². The standard InChI is InChI=1S/C19H27N7O/c1-13-6-8-26(25-13)9-7-21-18-22-12-14(11-20)17(24-18)23-15-4-5-16(27)19(2,3)10-15/h6,8,12,15-16,27H,4-5,7,9-10H2,1-3H3,(H2,21,22,23,24)/p+1/t15-,16+/m1/s1. The van der Waals surface area contributed by atoms with Gasteiger partial charge < -0.3 is 15.7 Å². The largest absolute Gasteiger partial charge is 0.443 e. The Morgan fingerprint density at radius 1 is 1.41 bits per heavy atom. The lowest BCUT2D eigenvalue weighted by Crippen LogP contribution is -2.41. The van der Waals surface area contributed by atoms with E-state index >= 15 is 0 Å². The molecule has 3 rings (SSSR count). The summed E-state index contributed by atoms with van der Waals surface area (Å²) >= 11 is 0. The summed E-state index contributed by atoms with van der Waals surface area (Å²) in [6.07, 6.45) is 6.10. The molecule has 2 aromatic rings. The van der Waals surface area contributed by atoms with E-state index in [0.29, 0.717) is 30.4 Å². The van der Waals surface area contributed by atoms with Gasteiger partial charge in [-0.15, -0.1) is 0 Å². The molecule has 0 aromatic carbocycles. The second kappa shape index (κ2) is 7.92. The summed E-state index contributed by atoms with van der Waals surface area (Å²) in [6.45, 7) is 7.58. The van der Waals surface area contributed by atoms with E-state index in [-0.39, 0.29) is 17.6 Å². The van der Waals surface area contributed by atoms with Crippen LogP contribution >= 0.6 is 0 Å². The minimum Gasteiger partial charge on any atom is -0.443 e. The molecule has 4 N–H and O–H groups in total. The Morgan fingerprint density at radius 2 is 2.22 bits per heavy atom. The molecule has 0 saturated heterocycles. The van der Waals surface area contributed by atoms with Gasteiger partial charge in [-0.1, -0.05) is 13.8 Å². The maximum absolute atomic E-state index is 9.38. The highest BCUT2D eigenvalue weighted by molar-refractivity contribution is 5.54. The van der Waals surface area contributed by atoms with Crippen molar-refractivity contribution < 1.29 is 5.11 Å². The summed E-state index contributed by atoms with van der Waals surface area (Å²) in [5.41, 5.74) is 1.38. The first kappa shape index (κ1) is 19.1. The van der Waals surface area contributed by atoms with Gasteiger partial charge >= 0.3 is 0 Å². The molecule has 0 amide bonds. The fourth-order valence-corrected chi connectivity index (χ4v) is 3.48. The highest BCUT2D eigenvalue weighted by Crippen LogP contribution is 2.36. The van der Waals surface area contributed by atoms with Crippen LogP contribution in [0.1, 0.15) is 44.4 Å². The van der Waals surface area contributed by atoms with Crippen molar-refractivity contribution in [1.82, 2.24) is 19.7 Å². The van der Waals surface area contributed by atoms with Crippen LogP contribution < -0.4 is 10.6 Å². The molecule has 0 spiro atoms. The fraction of sp³-hybridized carbons (Fsp3) is 0.579. The molecule has 0 unspecified atom stereocenters. The molecule has 144 valence electrons. The molecule has 27 heavy (non-hydrogen) atoms. The quantitative estimate of drug-likeness (QED) is 0.752. The molecular weight excluding hydrogens is 342 g/mol. The second-order valence-electron chi connectivity index (χ2n) is 7.88. The lowest BCUT2D eigenvalue weighted by atomic mass is 9.73. The average molecular weight is 370 g/mol. The SMILES string of the molecule is Cc1ccn(CCNc2ncc(C#N)c(N[C@@H]3CC[C@H]([OH2+])C(C)(C)C3)n2)n1. The van der Waals surface area contributed by atoms with Crippen LogP contribution in [0.4, 0.5) is 11.8 Å². The number of nitrogens with one attached hydrogen (secondary N) is 2. The molecule has 8 nitrogen and oxygen atoms in total. The van der Waals surface area contributed by atoms with Gasteiger partial charge in [0.1, 0.15) is 17.5 Å². The Balaban J connectivity index is 1.64. The third-order valence-electron chi connectivity index (χ3n) is 5.17. The molecule has 1 aliphatic rings. The Bertz CT molecular complexity index is 824. The first-order chi connectivity index (χ1) is 12.9. The van der Waals surface area contributed by atoms with E-state index in [2.05, 4.69) is 45.6 Å². The minimum atomic E-state index is -0.0429. The molecule has 0 aliphatic heterocycles. The number of nitriles is 1. The minimum absolute atomic E-state index is 0.0421. The van der Waals surface area contributed by atoms with Gasteiger partial charge in [-0.25, -0.2) is 4.98 Å². The van der Waals surface area contributed by atoms with Gasteiger partial charge in [0.2, 0.25) is 5.95 Å². The van der Waals surface area contributed by atoms with Gasteiger partial charge in [0, 0.05) is 30.6 Å². The number of hydrogen-bond donors (Lipinski definition) is 2. The maximum Gasteiger partial charge on any atom is 0.224 e. The molecule has 1 aliphatic carbocycles. The first-order valence-electron chi connectivity index (χ1n) is 9.36. The molecule has 0 radical (unpaired) electrons. The number of anilines is 2. The van der Waals surface area contributed by atoms with Crippen LogP contribution in [-0.4, -0.2) is 43.5 Å². The Morgan fingerprint density at radius 3 is 2.89 bits per heavy atom. The highest BCUT2D eigenvalue weighted by atomic mass is 16.3. The zero-order chi connectivity index (χ0) is 19.4. The van der Waals surface area contributed by atoms with Crippen LogP contribution in [0.15, 0.2) is 18.5 Å². The summed E-state index contributed by atoms with van der Waals surface area (Å²) in [6, 6.07) is 4.34. The van der Waals surface area contributed by atoms with Gasteiger partial charge in [-0.2, -0.15) is 15.3 Å². The Hall–Kier alpha value is -2.66. The molecule has 2 heterocycles. The number of aryl methyl sites for hydroxylation is 1. The van der Waals surface area contributed by atoms with Gasteiger partial charge in [-0.05, 0) is 25.8 Å². The Kier molecular flexibility index (Phi) is 5.61.